The topological polar surface area (TPSA) is 58.4 Å². The number of nitrogen functional groups attached to an aromatic ring is 1. The first-order valence-electron chi connectivity index (χ1n) is 5.88. The number of nitrogens with one attached hydrogen (secondary N) is 1. The fourth-order valence-corrected chi connectivity index (χ4v) is 2.28. The van der Waals surface area contributed by atoms with E-state index >= 15 is 0 Å². The molecule has 1 aromatic rings. The second-order valence-corrected chi connectivity index (χ2v) is 5.53. The van der Waals surface area contributed by atoms with Gasteiger partial charge < -0.3 is 16.0 Å². The number of anilines is 2. The van der Waals surface area contributed by atoms with Gasteiger partial charge in [-0.2, -0.15) is 11.8 Å². The minimum absolute atomic E-state index is 0.0208. The molecule has 100 valence electrons. The van der Waals surface area contributed by atoms with Crippen molar-refractivity contribution >= 4 is 29.0 Å². The summed E-state index contributed by atoms with van der Waals surface area (Å²) in [7, 11) is 4.05. The highest BCUT2D eigenvalue weighted by molar-refractivity contribution is 7.99. The molecule has 0 radical (unpaired) electrons. The number of nitrogens with zero attached hydrogens (tertiary/aromatic N) is 1. The molecular weight excluding hydrogens is 246 g/mol. The number of hydrogen-bond donors (Lipinski definition) is 2. The van der Waals surface area contributed by atoms with Gasteiger partial charge >= 0.3 is 0 Å². The largest absolute Gasteiger partial charge is 0.398 e. The van der Waals surface area contributed by atoms with Crippen LogP contribution in [-0.2, 0) is 4.79 Å². The molecule has 0 aliphatic carbocycles. The van der Waals surface area contributed by atoms with E-state index in [9.17, 15) is 4.79 Å². The first-order chi connectivity index (χ1) is 8.50. The highest BCUT2D eigenvalue weighted by atomic mass is 32.2. The summed E-state index contributed by atoms with van der Waals surface area (Å²) in [4.78, 5) is 13.8. The molecule has 0 fully saturated rings. The van der Waals surface area contributed by atoms with Crippen LogP contribution in [0.15, 0.2) is 18.2 Å². The van der Waals surface area contributed by atoms with Crippen molar-refractivity contribution in [3.05, 3.63) is 23.8 Å². The molecule has 1 amide bonds. The molecule has 0 spiro atoms. The second-order valence-electron chi connectivity index (χ2n) is 4.42. The van der Waals surface area contributed by atoms with Crippen molar-refractivity contribution in [3.8, 4) is 0 Å². The number of thioether (sulfide) groups is 1. The lowest BCUT2D eigenvalue weighted by molar-refractivity contribution is -0.113. The van der Waals surface area contributed by atoms with E-state index in [2.05, 4.69) is 10.2 Å². The third-order valence-electron chi connectivity index (χ3n) is 2.57. The van der Waals surface area contributed by atoms with Gasteiger partial charge in [0.1, 0.15) is 0 Å². The van der Waals surface area contributed by atoms with Gasteiger partial charge in [-0.25, -0.2) is 0 Å². The smallest absolute Gasteiger partial charge is 0.234 e. The van der Waals surface area contributed by atoms with Crippen LogP contribution >= 0.6 is 11.8 Å². The van der Waals surface area contributed by atoms with Crippen LogP contribution in [0.2, 0.25) is 0 Å². The first-order valence-corrected chi connectivity index (χ1v) is 7.03. The molecule has 0 aliphatic heterocycles. The van der Waals surface area contributed by atoms with Gasteiger partial charge in [-0.15, -0.1) is 0 Å². The van der Waals surface area contributed by atoms with Crippen molar-refractivity contribution in [1.82, 2.24) is 4.90 Å². The van der Waals surface area contributed by atoms with E-state index in [0.29, 0.717) is 11.4 Å². The van der Waals surface area contributed by atoms with Crippen molar-refractivity contribution in [1.29, 1.82) is 0 Å². The number of nitrogens with two attached hydrogens (primary N) is 1. The van der Waals surface area contributed by atoms with Gasteiger partial charge in [0, 0.05) is 23.7 Å². The minimum Gasteiger partial charge on any atom is -0.398 e. The van der Waals surface area contributed by atoms with E-state index in [1.54, 1.807) is 11.8 Å². The lowest BCUT2D eigenvalue weighted by Crippen LogP contribution is -2.18. The molecule has 0 heterocycles. The van der Waals surface area contributed by atoms with Crippen LogP contribution in [0.5, 0.6) is 0 Å². The highest BCUT2D eigenvalue weighted by Gasteiger charge is 2.06. The molecule has 18 heavy (non-hydrogen) atoms. The lowest BCUT2D eigenvalue weighted by Gasteiger charge is -2.11. The number of amides is 1. The molecule has 0 atom stereocenters. The summed E-state index contributed by atoms with van der Waals surface area (Å²) < 4.78 is 0. The predicted octanol–water partition coefficient (Wildman–Crippen LogP) is 1.81. The summed E-state index contributed by atoms with van der Waals surface area (Å²) in [5, 5.41) is 2.89. The molecule has 1 rings (SSSR count). The molecule has 0 saturated carbocycles. The monoisotopic (exact) mass is 267 g/mol. The molecule has 3 N–H and O–H groups in total. The normalized spacial score (nSPS) is 10.7. The Labute approximate surface area is 113 Å². The predicted molar refractivity (Wildman–Crippen MR) is 80.1 cm³/mol. The summed E-state index contributed by atoms with van der Waals surface area (Å²) in [6.07, 6.45) is 0. The average molecular weight is 267 g/mol. The summed E-state index contributed by atoms with van der Waals surface area (Å²) in [6.45, 7) is 2.89. The van der Waals surface area contributed by atoms with E-state index in [-0.39, 0.29) is 5.91 Å². The third-order valence-corrected chi connectivity index (χ3v) is 3.50. The Balaban J connectivity index is 2.38. The van der Waals surface area contributed by atoms with Crippen molar-refractivity contribution in [2.24, 2.45) is 0 Å². The standard InChI is InChI=1S/C13H21N3OS/c1-10-11(14)5-4-6-12(10)15-13(17)9-18-8-7-16(2)3/h4-6H,7-9,14H2,1-3H3,(H,15,17). The molecule has 1 aromatic carbocycles. The molecular formula is C13H21N3OS. The molecule has 0 aromatic heterocycles. The lowest BCUT2D eigenvalue weighted by atomic mass is 10.1. The average Bonchev–Trinajstić information content (AvgIpc) is 2.30. The number of benzene rings is 1. The van der Waals surface area contributed by atoms with Gasteiger partial charge in [0.2, 0.25) is 5.91 Å². The van der Waals surface area contributed by atoms with Crippen LogP contribution in [0.25, 0.3) is 0 Å². The number of carbonyl (C=O) groups excluding carboxylic acids is 1. The summed E-state index contributed by atoms with van der Waals surface area (Å²) >= 11 is 1.63. The number of rotatable bonds is 6. The van der Waals surface area contributed by atoms with Crippen LogP contribution in [-0.4, -0.2) is 43.0 Å². The van der Waals surface area contributed by atoms with E-state index in [0.717, 1.165) is 23.5 Å². The maximum atomic E-state index is 11.7. The Morgan fingerprint density at radius 1 is 1.44 bits per heavy atom. The molecule has 0 unspecified atom stereocenters. The van der Waals surface area contributed by atoms with Crippen molar-refractivity contribution < 1.29 is 4.79 Å². The Hall–Kier alpha value is -1.20. The maximum absolute atomic E-state index is 11.7. The van der Waals surface area contributed by atoms with E-state index in [4.69, 9.17) is 5.73 Å². The quantitative estimate of drug-likeness (QED) is 0.609. The molecule has 0 bridgehead atoms. The van der Waals surface area contributed by atoms with Crippen LogP contribution in [0.3, 0.4) is 0 Å². The fourth-order valence-electron chi connectivity index (χ4n) is 1.39. The summed E-state index contributed by atoms with van der Waals surface area (Å²) in [5.41, 5.74) is 8.21. The SMILES string of the molecule is Cc1c(N)cccc1NC(=O)CSCCN(C)C. The molecule has 4 nitrogen and oxygen atoms in total. The van der Waals surface area contributed by atoms with Gasteiger partial charge in [-0.3, -0.25) is 4.79 Å². The van der Waals surface area contributed by atoms with E-state index in [1.807, 2.05) is 39.2 Å². The van der Waals surface area contributed by atoms with Gasteiger partial charge in [0.15, 0.2) is 0 Å². The van der Waals surface area contributed by atoms with Gasteiger partial charge in [0.05, 0.1) is 5.75 Å². The number of hydrogen-bond acceptors (Lipinski definition) is 4. The minimum atomic E-state index is 0.0208. The third kappa shape index (κ3) is 4.98. The summed E-state index contributed by atoms with van der Waals surface area (Å²) in [5.74, 6) is 1.45. The molecule has 0 aliphatic rings. The Morgan fingerprint density at radius 3 is 2.83 bits per heavy atom. The molecule has 5 heteroatoms. The highest BCUT2D eigenvalue weighted by Crippen LogP contribution is 2.20. The van der Waals surface area contributed by atoms with Crippen molar-refractivity contribution in [3.63, 3.8) is 0 Å². The van der Waals surface area contributed by atoms with Gasteiger partial charge in [-0.05, 0) is 38.7 Å². The fraction of sp³-hybridized carbons (Fsp3) is 0.462. The Morgan fingerprint density at radius 2 is 2.17 bits per heavy atom. The van der Waals surface area contributed by atoms with E-state index in [1.165, 1.54) is 0 Å². The van der Waals surface area contributed by atoms with Crippen LogP contribution in [0.1, 0.15) is 5.56 Å². The zero-order valence-corrected chi connectivity index (χ0v) is 12.0. The van der Waals surface area contributed by atoms with Crippen molar-refractivity contribution in [2.75, 3.05) is 43.2 Å². The molecule has 0 saturated heterocycles. The van der Waals surface area contributed by atoms with Crippen molar-refractivity contribution in [2.45, 2.75) is 6.92 Å². The number of carbonyl (C=O) groups is 1. The summed E-state index contributed by atoms with van der Waals surface area (Å²) in [6, 6.07) is 5.54. The van der Waals surface area contributed by atoms with Crippen LogP contribution in [0.4, 0.5) is 11.4 Å². The zero-order valence-electron chi connectivity index (χ0n) is 11.2. The Bertz CT molecular complexity index is 407. The van der Waals surface area contributed by atoms with Gasteiger partial charge in [0.25, 0.3) is 0 Å². The second kappa shape index (κ2) is 7.28. The van der Waals surface area contributed by atoms with E-state index < -0.39 is 0 Å². The first kappa shape index (κ1) is 14.9. The van der Waals surface area contributed by atoms with Crippen LogP contribution < -0.4 is 11.1 Å². The maximum Gasteiger partial charge on any atom is 0.234 e. The zero-order chi connectivity index (χ0) is 13.5. The van der Waals surface area contributed by atoms with Crippen LogP contribution in [0, 0.1) is 6.92 Å². The Kier molecular flexibility index (Phi) is 6.01. The van der Waals surface area contributed by atoms with Gasteiger partial charge in [-0.1, -0.05) is 6.07 Å².